The maximum atomic E-state index is 9.91. The predicted octanol–water partition coefficient (Wildman–Crippen LogP) is -0.650. The smallest absolute Gasteiger partial charge is 0.319 e. The van der Waals surface area contributed by atoms with Gasteiger partial charge in [0.2, 0.25) is 0 Å². The third kappa shape index (κ3) is 2.13. The monoisotopic (exact) mass is 105 g/mol. The molecule has 0 rings (SSSR count). The van der Waals surface area contributed by atoms with E-state index in [2.05, 4.69) is 4.89 Å². The van der Waals surface area contributed by atoms with E-state index in [0.29, 0.717) is 0 Å². The Morgan fingerprint density at radius 1 is 2.00 bits per heavy atom. The van der Waals surface area contributed by atoms with Gasteiger partial charge in [0.05, 0.1) is 0 Å². The van der Waals surface area contributed by atoms with Crippen molar-refractivity contribution in [3.63, 3.8) is 0 Å². The lowest BCUT2D eigenvalue weighted by molar-refractivity contribution is -0.235. The summed E-state index contributed by atoms with van der Waals surface area (Å²) in [5.41, 5.74) is 4.91. The van der Waals surface area contributed by atoms with Gasteiger partial charge in [0, 0.05) is 0 Å². The highest BCUT2D eigenvalue weighted by molar-refractivity contribution is 5.74. The van der Waals surface area contributed by atoms with Crippen LogP contribution >= 0.6 is 0 Å². The quantitative estimate of drug-likeness (QED) is 0.343. The average Bonchev–Trinajstić information content (AvgIpc) is 1.65. The summed E-state index contributed by atoms with van der Waals surface area (Å²) >= 11 is 0. The molecular formula is C3H7NO3. The predicted molar refractivity (Wildman–Crippen MR) is 22.4 cm³/mol. The van der Waals surface area contributed by atoms with Crippen molar-refractivity contribution in [1.82, 2.24) is 0 Å². The molecule has 0 aromatic rings. The minimum Gasteiger partial charge on any atom is -0.319 e. The van der Waals surface area contributed by atoms with Crippen LogP contribution in [0.3, 0.4) is 0 Å². The fraction of sp³-hybridized carbons (Fsp3) is 0.667. The first-order valence-corrected chi connectivity index (χ1v) is 1.79. The summed E-state index contributed by atoms with van der Waals surface area (Å²) in [6.45, 7) is 1.42. The van der Waals surface area contributed by atoms with Gasteiger partial charge in [0.15, 0.2) is 0 Å². The third-order valence-corrected chi connectivity index (χ3v) is 0.462. The van der Waals surface area contributed by atoms with E-state index in [9.17, 15) is 4.79 Å². The van der Waals surface area contributed by atoms with E-state index in [0.717, 1.165) is 0 Å². The minimum atomic E-state index is -0.819. The normalized spacial score (nSPS) is 13.0. The van der Waals surface area contributed by atoms with Gasteiger partial charge in [-0.25, -0.2) is 4.79 Å². The molecule has 0 fully saturated rings. The van der Waals surface area contributed by atoms with Crippen LogP contribution in [0.1, 0.15) is 6.92 Å². The van der Waals surface area contributed by atoms with Crippen LogP contribution in [0.4, 0.5) is 0 Å². The highest BCUT2D eigenvalue weighted by atomic mass is 17.1. The second-order valence-electron chi connectivity index (χ2n) is 1.20. The molecule has 0 amide bonds. The first kappa shape index (κ1) is 6.39. The molecule has 0 radical (unpaired) electrons. The number of hydrogen-bond donors (Lipinski definition) is 2. The zero-order chi connectivity index (χ0) is 5.86. The summed E-state index contributed by atoms with van der Waals surface area (Å²) < 4.78 is 0. The Kier molecular flexibility index (Phi) is 2.32. The Labute approximate surface area is 40.8 Å². The zero-order valence-electron chi connectivity index (χ0n) is 3.92. The number of rotatable bonds is 1. The van der Waals surface area contributed by atoms with Crippen LogP contribution in [0.25, 0.3) is 0 Å². The van der Waals surface area contributed by atoms with Crippen LogP contribution in [-0.2, 0) is 9.68 Å². The third-order valence-electron chi connectivity index (χ3n) is 0.462. The second-order valence-corrected chi connectivity index (χ2v) is 1.20. The fourth-order valence-electron chi connectivity index (χ4n) is 0.0831. The van der Waals surface area contributed by atoms with E-state index < -0.39 is 12.0 Å². The summed E-state index contributed by atoms with van der Waals surface area (Å²) in [5, 5.41) is 7.58. The van der Waals surface area contributed by atoms with E-state index in [4.69, 9.17) is 11.0 Å². The molecule has 0 aliphatic rings. The van der Waals surface area contributed by atoms with Gasteiger partial charge in [-0.3, -0.25) is 4.89 Å². The van der Waals surface area contributed by atoms with Crippen LogP contribution in [0.5, 0.6) is 0 Å². The van der Waals surface area contributed by atoms with E-state index in [1.54, 1.807) is 0 Å². The molecule has 0 aromatic heterocycles. The first-order chi connectivity index (χ1) is 3.18. The first-order valence-electron chi connectivity index (χ1n) is 1.79. The standard InChI is InChI=1S/C3H7NO3/c1-2(4)3(5)7-6/h2,6H,4H2,1H3. The summed E-state index contributed by atoms with van der Waals surface area (Å²) in [4.78, 5) is 13.2. The Bertz CT molecular complexity index is 70.6. The van der Waals surface area contributed by atoms with E-state index >= 15 is 0 Å². The van der Waals surface area contributed by atoms with Crippen molar-refractivity contribution in [2.45, 2.75) is 13.0 Å². The lowest BCUT2D eigenvalue weighted by atomic mass is 10.4. The van der Waals surface area contributed by atoms with E-state index in [-0.39, 0.29) is 0 Å². The molecule has 4 nitrogen and oxygen atoms in total. The highest BCUT2D eigenvalue weighted by Gasteiger charge is 2.06. The summed E-state index contributed by atoms with van der Waals surface area (Å²) in [5.74, 6) is -0.819. The molecule has 0 aliphatic heterocycles. The van der Waals surface area contributed by atoms with Crippen molar-refractivity contribution < 1.29 is 14.9 Å². The van der Waals surface area contributed by atoms with Crippen molar-refractivity contribution in [3.8, 4) is 0 Å². The van der Waals surface area contributed by atoms with Crippen molar-refractivity contribution in [2.24, 2.45) is 5.73 Å². The van der Waals surface area contributed by atoms with Gasteiger partial charge in [0.25, 0.3) is 0 Å². The molecule has 0 aromatic carbocycles. The Hall–Kier alpha value is -0.610. The SMILES string of the molecule is CC(N)C(=O)OO. The van der Waals surface area contributed by atoms with Crippen molar-refractivity contribution in [2.75, 3.05) is 0 Å². The van der Waals surface area contributed by atoms with E-state index in [1.165, 1.54) is 6.92 Å². The molecule has 0 spiro atoms. The van der Waals surface area contributed by atoms with Crippen molar-refractivity contribution in [1.29, 1.82) is 0 Å². The topological polar surface area (TPSA) is 72.6 Å². The molecule has 1 atom stereocenters. The number of hydrogen-bond acceptors (Lipinski definition) is 4. The number of carbonyl (C=O) groups excluding carboxylic acids is 1. The van der Waals surface area contributed by atoms with Gasteiger partial charge >= 0.3 is 5.97 Å². The molecule has 0 bridgehead atoms. The van der Waals surface area contributed by atoms with Crippen LogP contribution in [0.2, 0.25) is 0 Å². The highest BCUT2D eigenvalue weighted by Crippen LogP contribution is 1.76. The van der Waals surface area contributed by atoms with Gasteiger partial charge in [0.1, 0.15) is 6.04 Å². The Balaban J connectivity index is 3.35. The van der Waals surface area contributed by atoms with Gasteiger partial charge in [-0.1, -0.05) is 0 Å². The molecule has 0 saturated carbocycles. The largest absolute Gasteiger partial charge is 0.358 e. The number of carbonyl (C=O) groups is 1. The Morgan fingerprint density at radius 2 is 2.43 bits per heavy atom. The second kappa shape index (κ2) is 2.54. The van der Waals surface area contributed by atoms with Gasteiger partial charge < -0.3 is 5.73 Å². The van der Waals surface area contributed by atoms with Crippen molar-refractivity contribution >= 4 is 5.97 Å². The maximum absolute atomic E-state index is 9.91. The lowest BCUT2D eigenvalue weighted by Gasteiger charge is -1.95. The number of nitrogens with two attached hydrogens (primary N) is 1. The minimum absolute atomic E-state index is 0.745. The molecule has 0 aliphatic carbocycles. The van der Waals surface area contributed by atoms with Gasteiger partial charge in [-0.15, -0.1) is 0 Å². The molecule has 4 heteroatoms. The van der Waals surface area contributed by atoms with Gasteiger partial charge in [-0.2, -0.15) is 5.26 Å². The zero-order valence-corrected chi connectivity index (χ0v) is 3.92. The molecule has 1 unspecified atom stereocenters. The Morgan fingerprint density at radius 3 is 2.43 bits per heavy atom. The average molecular weight is 105 g/mol. The molecule has 3 N–H and O–H groups in total. The summed E-state index contributed by atoms with van der Waals surface area (Å²) in [7, 11) is 0. The van der Waals surface area contributed by atoms with Crippen LogP contribution < -0.4 is 5.73 Å². The molecule has 0 saturated heterocycles. The van der Waals surface area contributed by atoms with Crippen LogP contribution in [0.15, 0.2) is 0 Å². The molecular weight excluding hydrogens is 98.0 g/mol. The maximum Gasteiger partial charge on any atom is 0.358 e. The van der Waals surface area contributed by atoms with Gasteiger partial charge in [-0.05, 0) is 6.92 Å². The lowest BCUT2D eigenvalue weighted by Crippen LogP contribution is -2.27. The molecule has 42 valence electrons. The summed E-state index contributed by atoms with van der Waals surface area (Å²) in [6.07, 6.45) is 0. The molecule has 0 heterocycles. The van der Waals surface area contributed by atoms with Crippen molar-refractivity contribution in [3.05, 3.63) is 0 Å². The fourth-order valence-corrected chi connectivity index (χ4v) is 0.0831. The van der Waals surface area contributed by atoms with Crippen LogP contribution in [0, 0.1) is 0 Å². The summed E-state index contributed by atoms with van der Waals surface area (Å²) in [6, 6.07) is -0.745. The van der Waals surface area contributed by atoms with E-state index in [1.807, 2.05) is 0 Å². The molecule has 7 heavy (non-hydrogen) atoms. The van der Waals surface area contributed by atoms with Crippen LogP contribution in [-0.4, -0.2) is 17.3 Å².